The summed E-state index contributed by atoms with van der Waals surface area (Å²) in [6.07, 6.45) is 3.60. The molecule has 2 aromatic carbocycles. The molecule has 0 bridgehead atoms. The number of amides is 1. The number of hydrazone groups is 1. The second-order valence-electron chi connectivity index (χ2n) is 7.43. The molecule has 0 saturated heterocycles. The molecular formula is C23H25N5O2. The molecule has 30 heavy (non-hydrogen) atoms. The summed E-state index contributed by atoms with van der Waals surface area (Å²) in [5.41, 5.74) is 6.87. The first-order valence-corrected chi connectivity index (χ1v) is 10.0. The van der Waals surface area contributed by atoms with Crippen molar-refractivity contribution in [1.82, 2.24) is 14.8 Å². The molecule has 1 aromatic heterocycles. The predicted molar refractivity (Wildman–Crippen MR) is 118 cm³/mol. The van der Waals surface area contributed by atoms with Crippen molar-refractivity contribution in [3.8, 4) is 5.69 Å². The fourth-order valence-corrected chi connectivity index (χ4v) is 3.95. The van der Waals surface area contributed by atoms with Crippen LogP contribution < -0.4 is 15.9 Å². The molecule has 1 N–H and O–H groups in total. The highest BCUT2D eigenvalue weighted by Crippen LogP contribution is 2.26. The van der Waals surface area contributed by atoms with Crippen molar-refractivity contribution in [2.24, 2.45) is 12.1 Å². The van der Waals surface area contributed by atoms with Crippen molar-refractivity contribution in [3.63, 3.8) is 0 Å². The first-order valence-electron chi connectivity index (χ1n) is 10.0. The van der Waals surface area contributed by atoms with Gasteiger partial charge in [-0.2, -0.15) is 5.10 Å². The number of carbonyl (C=O) groups is 1. The second-order valence-corrected chi connectivity index (χ2v) is 7.43. The summed E-state index contributed by atoms with van der Waals surface area (Å²) in [6.45, 7) is 2.86. The third-order valence-corrected chi connectivity index (χ3v) is 5.46. The van der Waals surface area contributed by atoms with Crippen molar-refractivity contribution in [3.05, 3.63) is 81.8 Å². The molecule has 1 aliphatic rings. The molecule has 0 unspecified atom stereocenters. The maximum Gasteiger partial charge on any atom is 0.274 e. The molecule has 7 heteroatoms. The van der Waals surface area contributed by atoms with Crippen LogP contribution in [0.4, 0.5) is 5.69 Å². The topological polar surface area (TPSA) is 71.6 Å². The normalized spacial score (nSPS) is 13.5. The van der Waals surface area contributed by atoms with Crippen molar-refractivity contribution in [1.29, 1.82) is 0 Å². The Balaban J connectivity index is 1.47. The maximum absolute atomic E-state index is 12.7. The highest BCUT2D eigenvalue weighted by molar-refractivity contribution is 5.84. The molecule has 2 heterocycles. The van der Waals surface area contributed by atoms with Gasteiger partial charge >= 0.3 is 0 Å². The van der Waals surface area contributed by atoms with Gasteiger partial charge < -0.3 is 4.90 Å². The monoisotopic (exact) mass is 403 g/mol. The largest absolute Gasteiger partial charge is 0.362 e. The van der Waals surface area contributed by atoms with Gasteiger partial charge in [0.25, 0.3) is 11.5 Å². The van der Waals surface area contributed by atoms with E-state index in [0.29, 0.717) is 11.3 Å². The number of nitrogens with zero attached hydrogens (tertiary/aromatic N) is 4. The van der Waals surface area contributed by atoms with Gasteiger partial charge in [0.2, 0.25) is 0 Å². The number of benzene rings is 2. The molecule has 0 spiro atoms. The first kappa shape index (κ1) is 19.7. The summed E-state index contributed by atoms with van der Waals surface area (Å²) < 4.78 is 3.33. The zero-order valence-corrected chi connectivity index (χ0v) is 17.2. The highest BCUT2D eigenvalue weighted by Gasteiger charge is 2.18. The van der Waals surface area contributed by atoms with E-state index in [0.717, 1.165) is 30.8 Å². The lowest BCUT2D eigenvalue weighted by Gasteiger charge is -2.30. The van der Waals surface area contributed by atoms with Gasteiger partial charge in [-0.05, 0) is 43.5 Å². The number of para-hydroxylation sites is 2. The Morgan fingerprint density at radius 1 is 1.13 bits per heavy atom. The number of carbonyl (C=O) groups excluding carboxylic acids is 1. The van der Waals surface area contributed by atoms with Gasteiger partial charge in [-0.3, -0.25) is 14.3 Å². The van der Waals surface area contributed by atoms with Crippen LogP contribution >= 0.6 is 0 Å². The summed E-state index contributed by atoms with van der Waals surface area (Å²) in [5.74, 6) is -0.187. The third kappa shape index (κ3) is 3.78. The van der Waals surface area contributed by atoms with Crippen molar-refractivity contribution in [2.75, 3.05) is 18.0 Å². The van der Waals surface area contributed by atoms with Crippen LogP contribution in [0.3, 0.4) is 0 Å². The van der Waals surface area contributed by atoms with Crippen LogP contribution in [-0.2, 0) is 18.3 Å². The Hall–Kier alpha value is -3.61. The molecule has 0 atom stereocenters. The van der Waals surface area contributed by atoms with E-state index in [-0.39, 0.29) is 18.0 Å². The van der Waals surface area contributed by atoms with Crippen molar-refractivity contribution in [2.45, 2.75) is 19.8 Å². The van der Waals surface area contributed by atoms with Crippen LogP contribution in [0.25, 0.3) is 5.69 Å². The molecule has 0 saturated carbocycles. The molecular weight excluding hydrogens is 378 g/mol. The van der Waals surface area contributed by atoms with E-state index >= 15 is 0 Å². The number of aromatic nitrogens is 2. The third-order valence-electron chi connectivity index (χ3n) is 5.46. The maximum atomic E-state index is 12.7. The van der Waals surface area contributed by atoms with Gasteiger partial charge in [0.1, 0.15) is 0 Å². The first-order chi connectivity index (χ1) is 14.6. The molecule has 0 radical (unpaired) electrons. The molecule has 0 fully saturated rings. The van der Waals surface area contributed by atoms with E-state index in [9.17, 15) is 9.59 Å². The van der Waals surface area contributed by atoms with Crippen LogP contribution in [0.1, 0.15) is 23.2 Å². The Labute approximate surface area is 175 Å². The summed E-state index contributed by atoms with van der Waals surface area (Å²) >= 11 is 0. The average molecular weight is 403 g/mol. The Morgan fingerprint density at radius 2 is 1.87 bits per heavy atom. The summed E-state index contributed by atoms with van der Waals surface area (Å²) in [4.78, 5) is 27.2. The van der Waals surface area contributed by atoms with Gasteiger partial charge in [0.05, 0.1) is 24.1 Å². The Morgan fingerprint density at radius 3 is 2.67 bits per heavy atom. The fraction of sp³-hybridized carbons (Fsp3) is 0.261. The van der Waals surface area contributed by atoms with E-state index < -0.39 is 0 Å². The molecule has 4 rings (SSSR count). The number of fused-ring (bicyclic) bond motifs is 1. The molecule has 7 nitrogen and oxygen atoms in total. The van der Waals surface area contributed by atoms with Crippen LogP contribution in [0, 0.1) is 6.92 Å². The van der Waals surface area contributed by atoms with Crippen LogP contribution in [-0.4, -0.2) is 34.6 Å². The van der Waals surface area contributed by atoms with E-state index in [1.165, 1.54) is 11.8 Å². The molecule has 3 aromatic rings. The van der Waals surface area contributed by atoms with E-state index in [1.54, 1.807) is 23.3 Å². The van der Waals surface area contributed by atoms with Gasteiger partial charge in [-0.25, -0.2) is 10.1 Å². The van der Waals surface area contributed by atoms with Crippen molar-refractivity contribution >= 4 is 17.8 Å². The summed E-state index contributed by atoms with van der Waals surface area (Å²) in [7, 11) is 1.80. The SMILES string of the molecule is Cc1c(/C=N\NC(=O)CN2CCCc3ccccc32)n(C)n(-c2ccccc2)c1=O. The minimum atomic E-state index is -0.187. The fourth-order valence-electron chi connectivity index (χ4n) is 3.95. The van der Waals surface area contributed by atoms with E-state index in [2.05, 4.69) is 27.6 Å². The average Bonchev–Trinajstić information content (AvgIpc) is 2.97. The summed E-state index contributed by atoms with van der Waals surface area (Å²) in [6, 6.07) is 17.6. The van der Waals surface area contributed by atoms with Crippen LogP contribution in [0.15, 0.2) is 64.5 Å². The van der Waals surface area contributed by atoms with E-state index in [4.69, 9.17) is 0 Å². The highest BCUT2D eigenvalue weighted by atomic mass is 16.2. The lowest BCUT2D eigenvalue weighted by Crippen LogP contribution is -2.38. The number of anilines is 1. The number of hydrogen-bond acceptors (Lipinski definition) is 4. The standard InChI is InChI=1S/C23H25N5O2/c1-17-21(26(2)28(23(17)30)19-11-4-3-5-12-19)15-24-25-22(29)16-27-14-8-10-18-9-6-7-13-20(18)27/h3-7,9,11-13,15H,8,10,14,16H2,1-2H3,(H,25,29)/b24-15-. The lowest BCUT2D eigenvalue weighted by molar-refractivity contribution is -0.119. The van der Waals surface area contributed by atoms with Gasteiger partial charge in [0.15, 0.2) is 0 Å². The molecule has 1 aliphatic heterocycles. The van der Waals surface area contributed by atoms with Crippen LogP contribution in [0.2, 0.25) is 0 Å². The van der Waals surface area contributed by atoms with E-state index in [1.807, 2.05) is 42.5 Å². The minimum Gasteiger partial charge on any atom is -0.362 e. The summed E-state index contributed by atoms with van der Waals surface area (Å²) in [5, 5.41) is 4.11. The zero-order valence-electron chi connectivity index (χ0n) is 17.2. The zero-order chi connectivity index (χ0) is 21.1. The van der Waals surface area contributed by atoms with Gasteiger partial charge in [-0.15, -0.1) is 0 Å². The quantitative estimate of drug-likeness (QED) is 0.525. The van der Waals surface area contributed by atoms with Crippen LogP contribution in [0.5, 0.6) is 0 Å². The number of hydrogen-bond donors (Lipinski definition) is 1. The lowest BCUT2D eigenvalue weighted by atomic mass is 10.0. The molecule has 154 valence electrons. The number of rotatable bonds is 5. The van der Waals surface area contributed by atoms with Crippen molar-refractivity contribution < 1.29 is 4.79 Å². The van der Waals surface area contributed by atoms with Gasteiger partial charge in [-0.1, -0.05) is 36.4 Å². The predicted octanol–water partition coefficient (Wildman–Crippen LogP) is 2.39. The smallest absolute Gasteiger partial charge is 0.274 e. The molecule has 0 aliphatic carbocycles. The Kier molecular flexibility index (Phi) is 5.52. The Bertz CT molecular complexity index is 1140. The van der Waals surface area contributed by atoms with Gasteiger partial charge in [0, 0.05) is 24.8 Å². The molecule has 1 amide bonds. The number of aryl methyl sites for hydroxylation is 1. The minimum absolute atomic E-state index is 0.110. The second kappa shape index (κ2) is 8.41. The number of nitrogens with one attached hydrogen (secondary N) is 1.